The summed E-state index contributed by atoms with van der Waals surface area (Å²) in [5.74, 6) is 1.15. The second-order valence-corrected chi connectivity index (χ2v) is 13.3. The van der Waals surface area contributed by atoms with Gasteiger partial charge in [-0.15, -0.1) is 0 Å². The number of carbonyl (C=O) groups excluding carboxylic acids is 2. The van der Waals surface area contributed by atoms with E-state index < -0.39 is 16.0 Å². The highest BCUT2D eigenvalue weighted by molar-refractivity contribution is 6.67. The van der Waals surface area contributed by atoms with E-state index in [2.05, 4.69) is 40.6 Å². The van der Waals surface area contributed by atoms with Crippen LogP contribution in [0.3, 0.4) is 0 Å². The quantitative estimate of drug-likeness (QED) is 0.126. The molecule has 4 aromatic rings. The summed E-state index contributed by atoms with van der Waals surface area (Å²) < 4.78 is 21.1. The SMILES string of the molecule is O=C(Nc1ccccn1)OCCCOc1ccc(C2CCN(C(=O)OCC(Cl)(Cl)Cl)CC2OCc2ccc3ccccc3c2)cc1. The second-order valence-electron chi connectivity index (χ2n) is 10.8. The van der Waals surface area contributed by atoms with Gasteiger partial charge in [0.05, 0.1) is 32.5 Å². The van der Waals surface area contributed by atoms with Crippen LogP contribution in [0.15, 0.2) is 91.1 Å². The number of alkyl halides is 3. The molecule has 1 saturated heterocycles. The molecule has 2 amide bonds. The van der Waals surface area contributed by atoms with Crippen LogP contribution in [0.4, 0.5) is 15.4 Å². The maximum absolute atomic E-state index is 12.8. The van der Waals surface area contributed by atoms with Crippen LogP contribution < -0.4 is 10.1 Å². The van der Waals surface area contributed by atoms with Crippen LogP contribution in [-0.2, 0) is 20.8 Å². The molecular weight excluding hydrogens is 653 g/mol. The maximum Gasteiger partial charge on any atom is 0.412 e. The lowest BCUT2D eigenvalue weighted by Gasteiger charge is -2.38. The number of amides is 2. The Hall–Kier alpha value is -3.76. The Morgan fingerprint density at radius 1 is 0.913 bits per heavy atom. The first-order chi connectivity index (χ1) is 22.2. The Balaban J connectivity index is 1.16. The molecule has 0 aliphatic carbocycles. The second kappa shape index (κ2) is 16.2. The molecule has 1 fully saturated rings. The zero-order chi connectivity index (χ0) is 32.4. The van der Waals surface area contributed by atoms with Crippen LogP contribution in [0, 0.1) is 0 Å². The number of likely N-dealkylation sites (tertiary alicyclic amines) is 1. The number of nitrogens with one attached hydrogen (secondary N) is 1. The number of hydrogen-bond acceptors (Lipinski definition) is 7. The molecule has 9 nitrogen and oxygen atoms in total. The summed E-state index contributed by atoms with van der Waals surface area (Å²) in [6, 6.07) is 27.5. The van der Waals surface area contributed by atoms with Gasteiger partial charge in [0.2, 0.25) is 3.79 Å². The standard InChI is InChI=1S/C34H34Cl3N3O6/c35-34(36,37)23-46-33(42)40-17-15-29(30(21-40)45-22-24-9-10-25-6-1-2-7-27(25)20-24)26-11-13-28(14-12-26)43-18-5-19-44-32(41)39-31-8-3-4-16-38-31/h1-4,6-14,16,20,29-30H,5,15,17-19,21-23H2,(H,38,39,41). The minimum absolute atomic E-state index is 0.0257. The van der Waals surface area contributed by atoms with Gasteiger partial charge in [-0.25, -0.2) is 14.6 Å². The molecule has 1 aliphatic heterocycles. The Morgan fingerprint density at radius 3 is 2.46 bits per heavy atom. The molecule has 0 bridgehead atoms. The van der Waals surface area contributed by atoms with Crippen molar-refractivity contribution in [3.63, 3.8) is 0 Å². The van der Waals surface area contributed by atoms with Gasteiger partial charge in [0.15, 0.2) is 0 Å². The molecule has 0 radical (unpaired) electrons. The van der Waals surface area contributed by atoms with Crippen LogP contribution >= 0.6 is 34.8 Å². The van der Waals surface area contributed by atoms with Crippen molar-refractivity contribution in [2.75, 3.05) is 38.2 Å². The fourth-order valence-corrected chi connectivity index (χ4v) is 5.37. The summed E-state index contributed by atoms with van der Waals surface area (Å²) >= 11 is 17.3. The van der Waals surface area contributed by atoms with Gasteiger partial charge in [-0.2, -0.15) is 0 Å². The van der Waals surface area contributed by atoms with Crippen molar-refractivity contribution in [2.24, 2.45) is 0 Å². The molecule has 1 N–H and O–H groups in total. The summed E-state index contributed by atoms with van der Waals surface area (Å²) in [4.78, 5) is 30.3. The molecule has 5 rings (SSSR count). The largest absolute Gasteiger partial charge is 0.493 e. The smallest absolute Gasteiger partial charge is 0.412 e. The molecule has 1 aromatic heterocycles. The van der Waals surface area contributed by atoms with Gasteiger partial charge in [0, 0.05) is 25.1 Å². The van der Waals surface area contributed by atoms with Crippen molar-refractivity contribution in [2.45, 2.75) is 35.3 Å². The molecule has 2 atom stereocenters. The van der Waals surface area contributed by atoms with E-state index in [0.717, 1.165) is 21.9 Å². The number of ether oxygens (including phenoxy) is 4. The summed E-state index contributed by atoms with van der Waals surface area (Å²) in [7, 11) is 0. The van der Waals surface area contributed by atoms with E-state index in [9.17, 15) is 9.59 Å². The Kier molecular flexibility index (Phi) is 11.8. The average molecular weight is 687 g/mol. The highest BCUT2D eigenvalue weighted by Gasteiger charge is 2.35. The van der Waals surface area contributed by atoms with Crippen LogP contribution in [-0.4, -0.2) is 64.9 Å². The topological polar surface area (TPSA) is 99.2 Å². The number of rotatable bonds is 11. The first-order valence-electron chi connectivity index (χ1n) is 14.9. The molecule has 2 unspecified atom stereocenters. The highest BCUT2D eigenvalue weighted by atomic mass is 35.6. The van der Waals surface area contributed by atoms with Gasteiger partial charge in [0.25, 0.3) is 0 Å². The number of fused-ring (bicyclic) bond motifs is 1. The van der Waals surface area contributed by atoms with Crippen molar-refractivity contribution < 1.29 is 28.5 Å². The average Bonchev–Trinajstić information content (AvgIpc) is 3.06. The number of benzene rings is 3. The van der Waals surface area contributed by atoms with E-state index in [1.54, 1.807) is 29.3 Å². The third-order valence-corrected chi connectivity index (χ3v) is 7.78. The molecule has 2 heterocycles. The predicted molar refractivity (Wildman–Crippen MR) is 179 cm³/mol. The van der Waals surface area contributed by atoms with E-state index in [1.807, 2.05) is 36.4 Å². The van der Waals surface area contributed by atoms with Crippen molar-refractivity contribution in [1.82, 2.24) is 9.88 Å². The first kappa shape index (κ1) is 33.6. The number of pyridine rings is 1. The Labute approximate surface area is 282 Å². The monoisotopic (exact) mass is 685 g/mol. The van der Waals surface area contributed by atoms with E-state index in [-0.39, 0.29) is 25.2 Å². The number of halogens is 3. The van der Waals surface area contributed by atoms with Crippen LogP contribution in [0.2, 0.25) is 0 Å². The van der Waals surface area contributed by atoms with Crippen LogP contribution in [0.1, 0.15) is 29.9 Å². The summed E-state index contributed by atoms with van der Waals surface area (Å²) in [6.45, 7) is 1.41. The zero-order valence-corrected chi connectivity index (χ0v) is 27.2. The molecule has 46 heavy (non-hydrogen) atoms. The molecule has 0 saturated carbocycles. The molecular formula is C34H34Cl3N3O6. The van der Waals surface area contributed by atoms with E-state index >= 15 is 0 Å². The minimum Gasteiger partial charge on any atom is -0.493 e. The molecule has 1 aliphatic rings. The molecule has 242 valence electrons. The maximum atomic E-state index is 12.8. The van der Waals surface area contributed by atoms with Gasteiger partial charge in [-0.1, -0.05) is 89.4 Å². The van der Waals surface area contributed by atoms with E-state index in [0.29, 0.717) is 50.7 Å². The van der Waals surface area contributed by atoms with Gasteiger partial charge < -0.3 is 23.8 Å². The number of anilines is 1. The number of piperidine rings is 1. The van der Waals surface area contributed by atoms with Crippen molar-refractivity contribution >= 4 is 63.6 Å². The predicted octanol–water partition coefficient (Wildman–Crippen LogP) is 8.13. The van der Waals surface area contributed by atoms with Crippen molar-refractivity contribution in [1.29, 1.82) is 0 Å². The molecule has 12 heteroatoms. The van der Waals surface area contributed by atoms with E-state index in [4.69, 9.17) is 53.8 Å². The third kappa shape index (κ3) is 10.1. The third-order valence-electron chi connectivity index (χ3n) is 7.45. The molecule has 3 aromatic carbocycles. The summed E-state index contributed by atoms with van der Waals surface area (Å²) in [6.07, 6.45) is 1.35. The summed E-state index contributed by atoms with van der Waals surface area (Å²) in [5.41, 5.74) is 2.11. The summed E-state index contributed by atoms with van der Waals surface area (Å²) in [5, 5.41) is 4.86. The fourth-order valence-electron chi connectivity index (χ4n) is 5.20. The van der Waals surface area contributed by atoms with Crippen molar-refractivity contribution in [3.05, 3.63) is 102 Å². The molecule has 0 spiro atoms. The van der Waals surface area contributed by atoms with Gasteiger partial charge in [-0.3, -0.25) is 5.32 Å². The van der Waals surface area contributed by atoms with Crippen LogP contribution in [0.25, 0.3) is 10.8 Å². The number of nitrogens with zero attached hydrogens (tertiary/aromatic N) is 2. The lowest BCUT2D eigenvalue weighted by Crippen LogP contribution is -2.47. The normalized spacial score (nSPS) is 16.5. The number of hydrogen-bond donors (Lipinski definition) is 1. The highest BCUT2D eigenvalue weighted by Crippen LogP contribution is 2.33. The minimum atomic E-state index is -1.69. The van der Waals surface area contributed by atoms with Gasteiger partial charge in [-0.05, 0) is 58.7 Å². The number of carbonyl (C=O) groups is 2. The Morgan fingerprint density at radius 2 is 1.70 bits per heavy atom. The van der Waals surface area contributed by atoms with Crippen molar-refractivity contribution in [3.8, 4) is 5.75 Å². The first-order valence-corrected chi connectivity index (χ1v) is 16.0. The zero-order valence-electron chi connectivity index (χ0n) is 24.9. The Bertz CT molecular complexity index is 1590. The fraction of sp³-hybridized carbons (Fsp3) is 0.324. The van der Waals surface area contributed by atoms with Crippen LogP contribution in [0.5, 0.6) is 5.75 Å². The van der Waals surface area contributed by atoms with Gasteiger partial charge >= 0.3 is 12.2 Å². The van der Waals surface area contributed by atoms with Gasteiger partial charge in [0.1, 0.15) is 18.2 Å². The number of aromatic nitrogens is 1. The lowest BCUT2D eigenvalue weighted by molar-refractivity contribution is -0.0236. The van der Waals surface area contributed by atoms with E-state index in [1.165, 1.54) is 0 Å². The lowest BCUT2D eigenvalue weighted by atomic mass is 9.87.